The molecule has 0 bridgehead atoms. The number of carbonyl (C=O) groups is 2. The largest absolute Gasteiger partial charge is 0.468 e. The van der Waals surface area contributed by atoms with Crippen LogP contribution in [-0.4, -0.2) is 47.5 Å². The molecule has 0 aliphatic carbocycles. The molecular weight excluding hydrogens is 447 g/mol. The highest BCUT2D eigenvalue weighted by molar-refractivity contribution is 5.82. The first kappa shape index (κ1) is 23.7. The number of nitrogens with one attached hydrogen (secondary N) is 1. The van der Waals surface area contributed by atoms with Crippen molar-refractivity contribution in [2.75, 3.05) is 13.7 Å². The minimum atomic E-state index is -4.47. The quantitative estimate of drug-likeness (QED) is 0.555. The molecule has 4 rings (SSSR count). The summed E-state index contributed by atoms with van der Waals surface area (Å²) in [5.74, 6) is -0.794. The van der Waals surface area contributed by atoms with E-state index in [4.69, 9.17) is 4.74 Å². The monoisotopic (exact) mass is 471 g/mol. The molecule has 0 saturated carbocycles. The van der Waals surface area contributed by atoms with Crippen molar-refractivity contribution in [3.05, 3.63) is 77.5 Å². The Morgan fingerprint density at radius 1 is 1.15 bits per heavy atom. The molecule has 1 aliphatic heterocycles. The normalized spacial score (nSPS) is 18.7. The second kappa shape index (κ2) is 9.80. The summed E-state index contributed by atoms with van der Waals surface area (Å²) in [6.45, 7) is 0.869. The lowest BCUT2D eigenvalue weighted by Gasteiger charge is -2.22. The number of likely N-dealkylation sites (tertiary alicyclic amines) is 1. The fourth-order valence-corrected chi connectivity index (χ4v) is 4.40. The zero-order valence-corrected chi connectivity index (χ0v) is 18.5. The Hall–Kier alpha value is -3.46. The van der Waals surface area contributed by atoms with Crippen LogP contribution < -0.4 is 5.32 Å². The molecule has 2 heterocycles. The first-order chi connectivity index (χ1) is 16.2. The van der Waals surface area contributed by atoms with Gasteiger partial charge in [-0.05, 0) is 35.7 Å². The van der Waals surface area contributed by atoms with E-state index in [-0.39, 0.29) is 18.0 Å². The van der Waals surface area contributed by atoms with Crippen LogP contribution in [-0.2, 0) is 33.5 Å². The summed E-state index contributed by atoms with van der Waals surface area (Å²) in [4.78, 5) is 31.3. The summed E-state index contributed by atoms with van der Waals surface area (Å²) in [6, 6.07) is 13.5. The van der Waals surface area contributed by atoms with Crippen molar-refractivity contribution in [1.29, 1.82) is 0 Å². The van der Waals surface area contributed by atoms with Gasteiger partial charge in [0, 0.05) is 30.7 Å². The third kappa shape index (κ3) is 5.36. The number of fused-ring (bicyclic) bond motifs is 1. The number of ether oxygens (including phenoxy) is 1. The molecule has 34 heavy (non-hydrogen) atoms. The summed E-state index contributed by atoms with van der Waals surface area (Å²) >= 11 is 0. The number of nitrogens with zero attached hydrogens (tertiary/aromatic N) is 2. The van der Waals surface area contributed by atoms with Gasteiger partial charge < -0.3 is 10.1 Å². The van der Waals surface area contributed by atoms with E-state index in [1.54, 1.807) is 6.20 Å². The number of hydrogen-bond acceptors (Lipinski definition) is 5. The minimum absolute atomic E-state index is 0.182. The maximum Gasteiger partial charge on any atom is 0.416 e. The Morgan fingerprint density at radius 2 is 1.94 bits per heavy atom. The van der Waals surface area contributed by atoms with Gasteiger partial charge in [-0.2, -0.15) is 13.2 Å². The zero-order chi connectivity index (χ0) is 24.3. The molecule has 3 aromatic rings. The smallest absolute Gasteiger partial charge is 0.416 e. The Morgan fingerprint density at radius 3 is 2.71 bits per heavy atom. The molecule has 1 aliphatic rings. The van der Waals surface area contributed by atoms with Gasteiger partial charge in [-0.1, -0.05) is 36.4 Å². The van der Waals surface area contributed by atoms with Gasteiger partial charge in [0.25, 0.3) is 0 Å². The Kier molecular flexibility index (Phi) is 6.83. The van der Waals surface area contributed by atoms with Crippen LogP contribution in [0.5, 0.6) is 0 Å². The Labute approximate surface area is 194 Å². The number of benzene rings is 2. The highest BCUT2D eigenvalue weighted by atomic mass is 19.4. The van der Waals surface area contributed by atoms with Crippen LogP contribution in [0, 0.1) is 0 Å². The summed E-state index contributed by atoms with van der Waals surface area (Å²) in [6.07, 6.45) is -2.58. The summed E-state index contributed by atoms with van der Waals surface area (Å²) < 4.78 is 43.8. The Balaban J connectivity index is 1.45. The average molecular weight is 471 g/mol. The van der Waals surface area contributed by atoms with Crippen molar-refractivity contribution >= 4 is 22.8 Å². The van der Waals surface area contributed by atoms with Crippen LogP contribution in [0.1, 0.15) is 23.1 Å². The van der Waals surface area contributed by atoms with Crippen LogP contribution in [0.15, 0.2) is 60.8 Å². The second-order valence-electron chi connectivity index (χ2n) is 8.33. The van der Waals surface area contributed by atoms with Gasteiger partial charge >= 0.3 is 12.1 Å². The van der Waals surface area contributed by atoms with E-state index in [2.05, 4.69) is 10.3 Å². The topological polar surface area (TPSA) is 71.5 Å². The molecule has 0 spiro atoms. The van der Waals surface area contributed by atoms with E-state index in [1.165, 1.54) is 19.2 Å². The molecule has 2 atom stereocenters. The number of esters is 1. The maximum atomic E-state index is 13.0. The average Bonchev–Trinajstić information content (AvgIpc) is 3.20. The molecule has 6 nitrogen and oxygen atoms in total. The molecule has 9 heteroatoms. The van der Waals surface area contributed by atoms with Gasteiger partial charge in [0.2, 0.25) is 5.91 Å². The lowest BCUT2D eigenvalue weighted by atomic mass is 10.1. The molecule has 1 amide bonds. The van der Waals surface area contributed by atoms with Crippen LogP contribution in [0.4, 0.5) is 13.2 Å². The van der Waals surface area contributed by atoms with E-state index in [1.807, 2.05) is 35.2 Å². The van der Waals surface area contributed by atoms with Crippen molar-refractivity contribution in [3.63, 3.8) is 0 Å². The fraction of sp³-hybridized carbons (Fsp3) is 0.320. The Bertz CT molecular complexity index is 1190. The van der Waals surface area contributed by atoms with Gasteiger partial charge in [-0.3, -0.25) is 19.5 Å². The van der Waals surface area contributed by atoms with Gasteiger partial charge in [0.05, 0.1) is 24.6 Å². The molecule has 2 aromatic carbocycles. The number of rotatable bonds is 6. The first-order valence-corrected chi connectivity index (χ1v) is 10.8. The number of para-hydroxylation sites is 1. The zero-order valence-electron chi connectivity index (χ0n) is 18.5. The molecule has 0 unspecified atom stereocenters. The highest BCUT2D eigenvalue weighted by Crippen LogP contribution is 2.30. The maximum absolute atomic E-state index is 13.0. The molecule has 1 fully saturated rings. The van der Waals surface area contributed by atoms with Gasteiger partial charge in [-0.15, -0.1) is 0 Å². The van der Waals surface area contributed by atoms with Gasteiger partial charge in [-0.25, -0.2) is 0 Å². The van der Waals surface area contributed by atoms with E-state index < -0.39 is 29.7 Å². The van der Waals surface area contributed by atoms with Crippen molar-refractivity contribution < 1.29 is 27.5 Å². The van der Waals surface area contributed by atoms with Crippen molar-refractivity contribution in [2.24, 2.45) is 0 Å². The highest BCUT2D eigenvalue weighted by Gasteiger charge is 2.38. The van der Waals surface area contributed by atoms with Crippen LogP contribution in [0.3, 0.4) is 0 Å². The SMILES string of the molecule is COC(=O)[C@@H]1C[C@@H](NC(=O)Cc2cccc(C(F)(F)F)c2)CN1Cc1ccnc2ccccc12. The van der Waals surface area contributed by atoms with Gasteiger partial charge in [0.15, 0.2) is 0 Å². The number of halogens is 3. The van der Waals surface area contributed by atoms with E-state index in [9.17, 15) is 22.8 Å². The lowest BCUT2D eigenvalue weighted by Crippen LogP contribution is -2.38. The number of amides is 1. The number of carbonyl (C=O) groups excluding carboxylic acids is 2. The molecule has 178 valence electrons. The fourth-order valence-electron chi connectivity index (χ4n) is 4.40. The van der Waals surface area contributed by atoms with Crippen molar-refractivity contribution in [2.45, 2.75) is 37.6 Å². The van der Waals surface area contributed by atoms with E-state index in [0.29, 0.717) is 19.5 Å². The number of methoxy groups -OCH3 is 1. The number of alkyl halides is 3. The summed E-state index contributed by atoms with van der Waals surface area (Å²) in [5, 5.41) is 3.84. The number of pyridine rings is 1. The molecule has 0 radical (unpaired) electrons. The van der Waals surface area contributed by atoms with Crippen LogP contribution >= 0.6 is 0 Å². The van der Waals surface area contributed by atoms with Crippen LogP contribution in [0.2, 0.25) is 0 Å². The summed E-state index contributed by atoms with van der Waals surface area (Å²) in [5.41, 5.74) is 1.32. The van der Waals surface area contributed by atoms with E-state index >= 15 is 0 Å². The van der Waals surface area contributed by atoms with Crippen molar-refractivity contribution in [3.8, 4) is 0 Å². The minimum Gasteiger partial charge on any atom is -0.468 e. The third-order valence-corrected chi connectivity index (χ3v) is 5.97. The number of hydrogen-bond donors (Lipinski definition) is 1. The molecular formula is C25H24F3N3O3. The lowest BCUT2D eigenvalue weighted by molar-refractivity contribution is -0.146. The number of aromatic nitrogens is 1. The second-order valence-corrected chi connectivity index (χ2v) is 8.33. The standard InChI is InChI=1S/C25H24F3N3O3/c1-34-24(33)22-13-19(30-23(32)12-16-5-4-6-18(11-16)25(26,27)28)15-31(22)14-17-9-10-29-21-8-3-2-7-20(17)21/h2-11,19,22H,12-15H2,1H3,(H,30,32)/t19-,22+/m1/s1. The predicted octanol–water partition coefficient (Wildman–Crippen LogP) is 3.73. The van der Waals surface area contributed by atoms with Gasteiger partial charge in [0.1, 0.15) is 6.04 Å². The van der Waals surface area contributed by atoms with Crippen LogP contribution in [0.25, 0.3) is 10.9 Å². The van der Waals surface area contributed by atoms with E-state index in [0.717, 1.165) is 28.6 Å². The molecule has 1 aromatic heterocycles. The molecule has 1 N–H and O–H groups in total. The predicted molar refractivity (Wildman–Crippen MR) is 120 cm³/mol. The summed E-state index contributed by atoms with van der Waals surface area (Å²) in [7, 11) is 1.32. The first-order valence-electron chi connectivity index (χ1n) is 10.8. The molecule has 1 saturated heterocycles. The third-order valence-electron chi connectivity index (χ3n) is 5.97. The van der Waals surface area contributed by atoms with Crippen molar-refractivity contribution in [1.82, 2.24) is 15.2 Å².